The van der Waals surface area contributed by atoms with Crippen LogP contribution in [-0.4, -0.2) is 16.3 Å². The minimum Gasteiger partial charge on any atom is -0.438 e. The van der Waals surface area contributed by atoms with Crippen molar-refractivity contribution >= 4 is 11.8 Å². The van der Waals surface area contributed by atoms with E-state index < -0.39 is 6.10 Å². The van der Waals surface area contributed by atoms with Crippen molar-refractivity contribution in [2.45, 2.75) is 17.9 Å². The van der Waals surface area contributed by atoms with Crippen LogP contribution >= 0.6 is 11.8 Å². The van der Waals surface area contributed by atoms with Gasteiger partial charge in [-0.15, -0.1) is 11.8 Å². The molecule has 1 heterocycles. The maximum atomic E-state index is 9.40. The van der Waals surface area contributed by atoms with Crippen molar-refractivity contribution in [3.05, 3.63) is 48.2 Å². The van der Waals surface area contributed by atoms with E-state index in [1.807, 2.05) is 36.6 Å². The van der Waals surface area contributed by atoms with Gasteiger partial charge in [0.25, 0.3) is 0 Å². The number of ether oxygens (including phenoxy) is 1. The van der Waals surface area contributed by atoms with Gasteiger partial charge in [-0.2, -0.15) is 0 Å². The molecule has 1 unspecified atom stereocenters. The molecule has 0 spiro atoms. The van der Waals surface area contributed by atoms with Gasteiger partial charge in [-0.3, -0.25) is 0 Å². The predicted octanol–water partition coefficient (Wildman–Crippen LogP) is 3.65. The Morgan fingerprint density at radius 1 is 1.22 bits per heavy atom. The van der Waals surface area contributed by atoms with E-state index >= 15 is 0 Å². The quantitative estimate of drug-likeness (QED) is 0.853. The summed E-state index contributed by atoms with van der Waals surface area (Å²) in [6, 6.07) is 11.4. The predicted molar refractivity (Wildman–Crippen MR) is 73.2 cm³/mol. The molecule has 0 saturated carbocycles. The Morgan fingerprint density at radius 2 is 2.00 bits per heavy atom. The Morgan fingerprint density at radius 3 is 2.61 bits per heavy atom. The lowest BCUT2D eigenvalue weighted by molar-refractivity contribution is 0.198. The van der Waals surface area contributed by atoms with E-state index in [4.69, 9.17) is 4.74 Å². The highest BCUT2D eigenvalue weighted by atomic mass is 32.2. The molecule has 1 N–H and O–H groups in total. The molecule has 18 heavy (non-hydrogen) atoms. The number of benzene rings is 1. The lowest BCUT2D eigenvalue weighted by Gasteiger charge is -2.09. The average Bonchev–Trinajstić information content (AvgIpc) is 2.40. The van der Waals surface area contributed by atoms with Crippen molar-refractivity contribution in [3.63, 3.8) is 0 Å². The highest BCUT2D eigenvalue weighted by Crippen LogP contribution is 2.30. The van der Waals surface area contributed by atoms with Crippen molar-refractivity contribution in [1.82, 2.24) is 4.98 Å². The molecule has 0 radical (unpaired) electrons. The first-order chi connectivity index (χ1) is 8.70. The van der Waals surface area contributed by atoms with Crippen LogP contribution in [-0.2, 0) is 0 Å². The molecule has 1 atom stereocenters. The fourth-order valence-corrected chi connectivity index (χ4v) is 2.04. The molecule has 1 aromatic heterocycles. The summed E-state index contributed by atoms with van der Waals surface area (Å²) in [5.74, 6) is 1.32. The maximum absolute atomic E-state index is 9.40. The normalized spacial score (nSPS) is 12.2. The molecule has 0 amide bonds. The van der Waals surface area contributed by atoms with E-state index in [1.165, 1.54) is 0 Å². The van der Waals surface area contributed by atoms with E-state index in [0.717, 1.165) is 16.2 Å². The van der Waals surface area contributed by atoms with Crippen molar-refractivity contribution in [2.24, 2.45) is 0 Å². The van der Waals surface area contributed by atoms with Gasteiger partial charge >= 0.3 is 0 Å². The van der Waals surface area contributed by atoms with Crippen LogP contribution in [0.15, 0.2) is 47.5 Å². The number of thioether (sulfide) groups is 1. The summed E-state index contributed by atoms with van der Waals surface area (Å²) in [5, 5.41) is 9.40. The molecule has 1 aromatic carbocycles. The molecular weight excluding hydrogens is 246 g/mol. The fourth-order valence-electron chi connectivity index (χ4n) is 1.52. The Labute approximate surface area is 111 Å². The zero-order valence-corrected chi connectivity index (χ0v) is 11.1. The van der Waals surface area contributed by atoms with Crippen molar-refractivity contribution in [1.29, 1.82) is 0 Å². The first-order valence-electron chi connectivity index (χ1n) is 5.65. The second-order valence-electron chi connectivity index (χ2n) is 3.86. The topological polar surface area (TPSA) is 42.4 Å². The Kier molecular flexibility index (Phi) is 4.23. The van der Waals surface area contributed by atoms with E-state index in [2.05, 4.69) is 4.98 Å². The lowest BCUT2D eigenvalue weighted by Crippen LogP contribution is -1.94. The van der Waals surface area contributed by atoms with Gasteiger partial charge in [0.05, 0.1) is 6.10 Å². The summed E-state index contributed by atoms with van der Waals surface area (Å²) < 4.78 is 5.72. The van der Waals surface area contributed by atoms with Crippen LogP contribution in [0.4, 0.5) is 0 Å². The molecule has 2 aromatic rings. The van der Waals surface area contributed by atoms with Crippen LogP contribution in [0.5, 0.6) is 11.6 Å². The van der Waals surface area contributed by atoms with Gasteiger partial charge in [0.15, 0.2) is 0 Å². The lowest BCUT2D eigenvalue weighted by atomic mass is 10.2. The molecule has 0 saturated heterocycles. The van der Waals surface area contributed by atoms with Gasteiger partial charge < -0.3 is 9.84 Å². The highest BCUT2D eigenvalue weighted by molar-refractivity contribution is 7.98. The average molecular weight is 261 g/mol. The second kappa shape index (κ2) is 5.89. The molecule has 0 fully saturated rings. The molecule has 2 rings (SSSR count). The van der Waals surface area contributed by atoms with Gasteiger partial charge in [-0.05, 0) is 36.9 Å². The van der Waals surface area contributed by atoms with Crippen LogP contribution in [0.25, 0.3) is 0 Å². The Balaban J connectivity index is 2.18. The standard InChI is InChI=1S/C14H15NO2S/c1-10(16)11-7-8-14(15-9-11)17-12-5-3-4-6-13(12)18-2/h3-10,16H,1-2H3. The van der Waals surface area contributed by atoms with Crippen LogP contribution in [0.3, 0.4) is 0 Å². The molecule has 94 valence electrons. The second-order valence-corrected chi connectivity index (χ2v) is 4.71. The monoisotopic (exact) mass is 261 g/mol. The van der Waals surface area contributed by atoms with Crippen LogP contribution in [0, 0.1) is 0 Å². The number of aliphatic hydroxyl groups is 1. The van der Waals surface area contributed by atoms with E-state index in [1.54, 1.807) is 30.9 Å². The third-order valence-electron chi connectivity index (χ3n) is 2.53. The zero-order chi connectivity index (χ0) is 13.0. The van der Waals surface area contributed by atoms with E-state index in [0.29, 0.717) is 5.88 Å². The van der Waals surface area contributed by atoms with Gasteiger partial charge in [0.1, 0.15) is 5.75 Å². The number of aromatic nitrogens is 1. The molecule has 0 aliphatic carbocycles. The number of hydrogen-bond donors (Lipinski definition) is 1. The minimum atomic E-state index is -0.509. The SMILES string of the molecule is CSc1ccccc1Oc1ccc(C(C)O)cn1. The van der Waals surface area contributed by atoms with Gasteiger partial charge in [-0.1, -0.05) is 12.1 Å². The van der Waals surface area contributed by atoms with Gasteiger partial charge in [-0.25, -0.2) is 4.98 Å². The number of pyridine rings is 1. The van der Waals surface area contributed by atoms with Crippen molar-refractivity contribution < 1.29 is 9.84 Å². The van der Waals surface area contributed by atoms with E-state index in [-0.39, 0.29) is 0 Å². The number of nitrogens with zero attached hydrogens (tertiary/aromatic N) is 1. The molecular formula is C14H15NO2S. The highest BCUT2D eigenvalue weighted by Gasteiger charge is 2.05. The minimum absolute atomic E-state index is 0.509. The summed E-state index contributed by atoms with van der Waals surface area (Å²) in [4.78, 5) is 5.25. The fraction of sp³-hybridized carbons (Fsp3) is 0.214. The Hall–Kier alpha value is -1.52. The van der Waals surface area contributed by atoms with E-state index in [9.17, 15) is 5.11 Å². The number of hydrogen-bond acceptors (Lipinski definition) is 4. The van der Waals surface area contributed by atoms with Gasteiger partial charge in [0.2, 0.25) is 5.88 Å². The molecule has 4 heteroatoms. The maximum Gasteiger partial charge on any atom is 0.219 e. The number of aliphatic hydroxyl groups excluding tert-OH is 1. The third-order valence-corrected chi connectivity index (χ3v) is 3.30. The first kappa shape index (κ1) is 12.9. The summed E-state index contributed by atoms with van der Waals surface area (Å²) in [5.41, 5.74) is 0.778. The van der Waals surface area contributed by atoms with Crippen molar-refractivity contribution in [3.8, 4) is 11.6 Å². The number of para-hydroxylation sites is 1. The molecule has 0 aliphatic heterocycles. The smallest absolute Gasteiger partial charge is 0.219 e. The van der Waals surface area contributed by atoms with Crippen LogP contribution in [0.1, 0.15) is 18.6 Å². The molecule has 0 aliphatic rings. The van der Waals surface area contributed by atoms with Crippen LogP contribution in [0.2, 0.25) is 0 Å². The van der Waals surface area contributed by atoms with Crippen molar-refractivity contribution in [2.75, 3.05) is 6.26 Å². The number of rotatable bonds is 4. The largest absolute Gasteiger partial charge is 0.438 e. The third kappa shape index (κ3) is 3.03. The van der Waals surface area contributed by atoms with Crippen LogP contribution < -0.4 is 4.74 Å². The summed E-state index contributed by atoms with van der Waals surface area (Å²) in [6.45, 7) is 1.71. The summed E-state index contributed by atoms with van der Waals surface area (Å²) >= 11 is 1.63. The Bertz CT molecular complexity index is 511. The summed E-state index contributed by atoms with van der Waals surface area (Å²) in [7, 11) is 0. The summed E-state index contributed by atoms with van der Waals surface area (Å²) in [6.07, 6.45) is 3.12. The molecule has 0 bridgehead atoms. The molecule has 3 nitrogen and oxygen atoms in total. The zero-order valence-electron chi connectivity index (χ0n) is 10.3. The van der Waals surface area contributed by atoms with Gasteiger partial charge in [0, 0.05) is 17.2 Å². The first-order valence-corrected chi connectivity index (χ1v) is 6.88.